The van der Waals surface area contributed by atoms with E-state index in [0.717, 1.165) is 31.4 Å². The molecule has 162 valence electrons. The molecule has 0 saturated heterocycles. The normalized spacial score (nSPS) is 11.8. The molecule has 5 nitrogen and oxygen atoms in total. The van der Waals surface area contributed by atoms with Crippen LogP contribution in [-0.2, 0) is 18.5 Å². The zero-order valence-corrected chi connectivity index (χ0v) is 21.3. The number of imidazole rings is 1. The van der Waals surface area contributed by atoms with E-state index in [2.05, 4.69) is 82.7 Å². The molecule has 30 heavy (non-hydrogen) atoms. The van der Waals surface area contributed by atoms with Crippen molar-refractivity contribution in [2.45, 2.75) is 46.2 Å². The molecule has 0 radical (unpaired) electrons. The molecule has 3 rings (SSSR count). The summed E-state index contributed by atoms with van der Waals surface area (Å²) in [6.45, 7) is 11.8. The average Bonchev–Trinajstić information content (AvgIpc) is 3.37. The maximum absolute atomic E-state index is 4.80. The Morgan fingerprint density at radius 3 is 2.63 bits per heavy atom. The van der Waals surface area contributed by atoms with Gasteiger partial charge in [-0.25, -0.2) is 9.98 Å². The molecule has 3 aromatic rings. The summed E-state index contributed by atoms with van der Waals surface area (Å²) in [6.07, 6.45) is 3.86. The Labute approximate surface area is 201 Å². The van der Waals surface area contributed by atoms with E-state index in [9.17, 15) is 0 Å². The van der Waals surface area contributed by atoms with Crippen LogP contribution in [0.15, 0.2) is 59.2 Å². The van der Waals surface area contributed by atoms with Crippen molar-refractivity contribution in [3.8, 4) is 0 Å². The third-order valence-electron chi connectivity index (χ3n) is 4.92. The second kappa shape index (κ2) is 11.5. The number of nitrogens with zero attached hydrogens (tertiary/aromatic N) is 3. The molecule has 0 aliphatic rings. The first-order valence-electron chi connectivity index (χ1n) is 10.1. The fourth-order valence-electron chi connectivity index (χ4n) is 3.16. The molecule has 2 N–H and O–H groups in total. The lowest BCUT2D eigenvalue weighted by Gasteiger charge is -2.25. The molecule has 0 saturated carbocycles. The largest absolute Gasteiger partial charge is 0.357 e. The van der Waals surface area contributed by atoms with Crippen LogP contribution < -0.4 is 10.6 Å². The zero-order chi connectivity index (χ0) is 20.7. The SMILES string of the molecule is CCNC(=NCc1cccc(Cn2ccnc2C)c1)NCC(C)(C)c1cccs1.I. The lowest BCUT2D eigenvalue weighted by Crippen LogP contribution is -2.43. The van der Waals surface area contributed by atoms with Crippen LogP contribution in [0.2, 0.25) is 0 Å². The molecule has 0 amide bonds. The van der Waals surface area contributed by atoms with Gasteiger partial charge < -0.3 is 15.2 Å². The molecule has 0 aliphatic carbocycles. The lowest BCUT2D eigenvalue weighted by molar-refractivity contribution is 0.518. The first-order chi connectivity index (χ1) is 14.0. The summed E-state index contributed by atoms with van der Waals surface area (Å²) in [7, 11) is 0. The molecule has 2 heterocycles. The van der Waals surface area contributed by atoms with Gasteiger partial charge in [0, 0.05) is 42.3 Å². The average molecular weight is 538 g/mol. The monoisotopic (exact) mass is 537 g/mol. The first kappa shape index (κ1) is 24.4. The number of aliphatic imine (C=N–C) groups is 1. The van der Waals surface area contributed by atoms with Gasteiger partial charge in [-0.1, -0.05) is 44.2 Å². The minimum absolute atomic E-state index is 0. The van der Waals surface area contributed by atoms with Gasteiger partial charge >= 0.3 is 0 Å². The van der Waals surface area contributed by atoms with Crippen LogP contribution in [0.5, 0.6) is 0 Å². The Hall–Kier alpha value is -1.87. The van der Waals surface area contributed by atoms with Crippen LogP contribution in [0.4, 0.5) is 0 Å². The van der Waals surface area contributed by atoms with Gasteiger partial charge in [0.1, 0.15) is 5.82 Å². The van der Waals surface area contributed by atoms with Crippen molar-refractivity contribution < 1.29 is 0 Å². The van der Waals surface area contributed by atoms with E-state index in [0.29, 0.717) is 6.54 Å². The van der Waals surface area contributed by atoms with Gasteiger partial charge in [0.25, 0.3) is 0 Å². The molecular formula is C23H32IN5S. The van der Waals surface area contributed by atoms with Crippen LogP contribution in [-0.4, -0.2) is 28.6 Å². The summed E-state index contributed by atoms with van der Waals surface area (Å²) < 4.78 is 2.15. The Kier molecular flexibility index (Phi) is 9.36. The predicted octanol–water partition coefficient (Wildman–Crippen LogP) is 4.95. The highest BCUT2D eigenvalue weighted by molar-refractivity contribution is 14.0. The highest BCUT2D eigenvalue weighted by Crippen LogP contribution is 2.26. The molecule has 0 atom stereocenters. The Morgan fingerprint density at radius 1 is 1.17 bits per heavy atom. The summed E-state index contributed by atoms with van der Waals surface area (Å²) in [5.74, 6) is 1.88. The fourth-order valence-corrected chi connectivity index (χ4v) is 4.01. The predicted molar refractivity (Wildman–Crippen MR) is 138 cm³/mol. The van der Waals surface area contributed by atoms with Gasteiger partial charge in [0.15, 0.2) is 5.96 Å². The van der Waals surface area contributed by atoms with E-state index in [-0.39, 0.29) is 29.4 Å². The summed E-state index contributed by atoms with van der Waals surface area (Å²) in [5, 5.41) is 9.00. The van der Waals surface area contributed by atoms with Crippen LogP contribution >= 0.6 is 35.3 Å². The van der Waals surface area contributed by atoms with E-state index < -0.39 is 0 Å². The van der Waals surface area contributed by atoms with Gasteiger partial charge in [0.2, 0.25) is 0 Å². The van der Waals surface area contributed by atoms with Crippen molar-refractivity contribution in [1.29, 1.82) is 0 Å². The first-order valence-corrected chi connectivity index (χ1v) is 11.0. The van der Waals surface area contributed by atoms with Crippen LogP contribution in [0.25, 0.3) is 0 Å². The van der Waals surface area contributed by atoms with Gasteiger partial charge in [-0.3, -0.25) is 0 Å². The number of hydrogen-bond acceptors (Lipinski definition) is 3. The second-order valence-corrected chi connectivity index (χ2v) is 8.78. The smallest absolute Gasteiger partial charge is 0.191 e. The maximum Gasteiger partial charge on any atom is 0.191 e. The van der Waals surface area contributed by atoms with Gasteiger partial charge in [-0.05, 0) is 36.4 Å². The highest BCUT2D eigenvalue weighted by atomic mass is 127. The zero-order valence-electron chi connectivity index (χ0n) is 18.2. The molecule has 0 bridgehead atoms. The van der Waals surface area contributed by atoms with Gasteiger partial charge in [-0.15, -0.1) is 35.3 Å². The molecule has 1 aromatic carbocycles. The fraction of sp³-hybridized carbons (Fsp3) is 0.391. The molecular weight excluding hydrogens is 505 g/mol. The van der Waals surface area contributed by atoms with E-state index in [1.807, 2.05) is 19.3 Å². The molecule has 0 unspecified atom stereocenters. The van der Waals surface area contributed by atoms with Crippen molar-refractivity contribution >= 4 is 41.3 Å². The minimum Gasteiger partial charge on any atom is -0.357 e. The number of aromatic nitrogens is 2. The highest BCUT2D eigenvalue weighted by Gasteiger charge is 2.21. The van der Waals surface area contributed by atoms with Crippen LogP contribution in [0.3, 0.4) is 0 Å². The number of benzene rings is 1. The second-order valence-electron chi connectivity index (χ2n) is 7.83. The van der Waals surface area contributed by atoms with Crippen LogP contribution in [0.1, 0.15) is 42.6 Å². The summed E-state index contributed by atoms with van der Waals surface area (Å²) in [4.78, 5) is 10.5. The van der Waals surface area contributed by atoms with E-state index in [1.165, 1.54) is 16.0 Å². The Morgan fingerprint density at radius 2 is 1.97 bits per heavy atom. The standard InChI is InChI=1S/C23H31N5S.HI/c1-5-24-22(27-17-23(3,4)21-10-7-13-29-21)26-15-19-8-6-9-20(14-19)16-28-12-11-25-18(28)2;/h6-14H,5,15-17H2,1-4H3,(H2,24,26,27);1H. The van der Waals surface area contributed by atoms with Crippen molar-refractivity contribution in [2.24, 2.45) is 4.99 Å². The topological polar surface area (TPSA) is 54.2 Å². The molecule has 0 spiro atoms. The molecule has 7 heteroatoms. The van der Waals surface area contributed by atoms with Crippen molar-refractivity contribution in [2.75, 3.05) is 13.1 Å². The van der Waals surface area contributed by atoms with Gasteiger partial charge in [0.05, 0.1) is 6.54 Å². The van der Waals surface area contributed by atoms with E-state index >= 15 is 0 Å². The Bertz CT molecular complexity index is 931. The van der Waals surface area contributed by atoms with Crippen molar-refractivity contribution in [3.63, 3.8) is 0 Å². The summed E-state index contributed by atoms with van der Waals surface area (Å²) in [6, 6.07) is 12.9. The molecule has 0 aliphatic heterocycles. The van der Waals surface area contributed by atoms with Crippen molar-refractivity contribution in [1.82, 2.24) is 20.2 Å². The number of hydrogen-bond donors (Lipinski definition) is 2. The quantitative estimate of drug-likeness (QED) is 0.243. The van der Waals surface area contributed by atoms with Crippen molar-refractivity contribution in [3.05, 3.63) is 76.0 Å². The number of guanidine groups is 1. The third-order valence-corrected chi connectivity index (χ3v) is 6.15. The van der Waals surface area contributed by atoms with Gasteiger partial charge in [-0.2, -0.15) is 0 Å². The third kappa shape index (κ3) is 6.84. The molecule has 2 aromatic heterocycles. The maximum atomic E-state index is 4.80. The number of thiophene rings is 1. The molecule has 0 fully saturated rings. The number of nitrogens with one attached hydrogen (secondary N) is 2. The number of halogens is 1. The van der Waals surface area contributed by atoms with E-state index in [1.54, 1.807) is 11.3 Å². The van der Waals surface area contributed by atoms with Crippen LogP contribution in [0, 0.1) is 6.92 Å². The van der Waals surface area contributed by atoms with E-state index in [4.69, 9.17) is 4.99 Å². The number of rotatable bonds is 8. The lowest BCUT2D eigenvalue weighted by atomic mass is 9.91. The Balaban J connectivity index is 0.00000320. The summed E-state index contributed by atoms with van der Waals surface area (Å²) >= 11 is 1.80. The number of aryl methyl sites for hydroxylation is 1. The summed E-state index contributed by atoms with van der Waals surface area (Å²) in [5.41, 5.74) is 2.53. The minimum atomic E-state index is 0.